The number of rotatable bonds is 3. The van der Waals surface area contributed by atoms with Gasteiger partial charge in [-0.3, -0.25) is 4.79 Å². The molecular weight excluding hydrogens is 298 g/mol. The molecule has 3 rings (SSSR count). The third-order valence-corrected chi connectivity index (χ3v) is 4.70. The van der Waals surface area contributed by atoms with Crippen LogP contribution in [-0.2, 0) is 0 Å². The maximum atomic E-state index is 12.5. The highest BCUT2D eigenvalue weighted by Gasteiger charge is 2.26. The number of nitrogens with zero attached hydrogens (tertiary/aromatic N) is 3. The molecule has 2 aromatic rings. The second kappa shape index (κ2) is 6.44. The standard InChI is InChI=1S/C16H19N3O2S/c1-11-8-14(22-10-11)16(20)19-7-3-4-13(9-19)21-15-6-5-12(2)17-18-15/h5-6,8,10,13H,3-4,7,9H2,1-2H3/t13-/m0/s1. The van der Waals surface area contributed by atoms with E-state index in [1.807, 2.05) is 42.3 Å². The molecule has 1 fully saturated rings. The summed E-state index contributed by atoms with van der Waals surface area (Å²) in [6, 6.07) is 5.65. The fraction of sp³-hybridized carbons (Fsp3) is 0.438. The van der Waals surface area contributed by atoms with E-state index in [-0.39, 0.29) is 12.0 Å². The van der Waals surface area contributed by atoms with Gasteiger partial charge in [0.05, 0.1) is 17.1 Å². The lowest BCUT2D eigenvalue weighted by Crippen LogP contribution is -2.44. The summed E-state index contributed by atoms with van der Waals surface area (Å²) in [4.78, 5) is 15.2. The summed E-state index contributed by atoms with van der Waals surface area (Å²) in [7, 11) is 0. The molecule has 1 amide bonds. The number of thiophene rings is 1. The summed E-state index contributed by atoms with van der Waals surface area (Å²) < 4.78 is 5.87. The zero-order valence-electron chi connectivity index (χ0n) is 12.8. The van der Waals surface area contributed by atoms with E-state index in [1.54, 1.807) is 0 Å². The fourth-order valence-corrected chi connectivity index (χ4v) is 3.40. The van der Waals surface area contributed by atoms with Crippen LogP contribution >= 0.6 is 11.3 Å². The topological polar surface area (TPSA) is 55.3 Å². The lowest BCUT2D eigenvalue weighted by molar-refractivity contribution is 0.0529. The van der Waals surface area contributed by atoms with Gasteiger partial charge in [0.1, 0.15) is 6.10 Å². The normalized spacial score (nSPS) is 18.3. The van der Waals surface area contributed by atoms with Crippen LogP contribution in [0, 0.1) is 13.8 Å². The van der Waals surface area contributed by atoms with Gasteiger partial charge in [0.15, 0.2) is 0 Å². The van der Waals surface area contributed by atoms with Gasteiger partial charge in [-0.2, -0.15) is 5.10 Å². The molecule has 1 aliphatic rings. The lowest BCUT2D eigenvalue weighted by atomic mass is 10.1. The van der Waals surface area contributed by atoms with Gasteiger partial charge in [-0.1, -0.05) is 0 Å². The Kier molecular flexibility index (Phi) is 4.38. The number of hydrogen-bond acceptors (Lipinski definition) is 5. The van der Waals surface area contributed by atoms with E-state index in [9.17, 15) is 4.79 Å². The van der Waals surface area contributed by atoms with Gasteiger partial charge in [0.2, 0.25) is 5.88 Å². The Hall–Kier alpha value is -1.95. The fourth-order valence-electron chi connectivity index (χ4n) is 2.54. The van der Waals surface area contributed by atoms with E-state index >= 15 is 0 Å². The average molecular weight is 317 g/mol. The minimum atomic E-state index is -0.0178. The predicted molar refractivity (Wildman–Crippen MR) is 85.4 cm³/mol. The molecule has 0 aliphatic carbocycles. The minimum absolute atomic E-state index is 0.0178. The van der Waals surface area contributed by atoms with Crippen molar-refractivity contribution in [1.29, 1.82) is 0 Å². The Bertz CT molecular complexity index is 654. The van der Waals surface area contributed by atoms with Gasteiger partial charge in [0.25, 0.3) is 5.91 Å². The maximum absolute atomic E-state index is 12.5. The molecule has 2 aromatic heterocycles. The highest BCUT2D eigenvalue weighted by Crippen LogP contribution is 2.21. The largest absolute Gasteiger partial charge is 0.471 e. The van der Waals surface area contributed by atoms with Crippen LogP contribution in [0.4, 0.5) is 0 Å². The molecule has 6 heteroatoms. The Labute approximate surface area is 133 Å². The highest BCUT2D eigenvalue weighted by atomic mass is 32.1. The molecule has 3 heterocycles. The van der Waals surface area contributed by atoms with Gasteiger partial charge in [-0.05, 0) is 49.8 Å². The third kappa shape index (κ3) is 3.44. The SMILES string of the molecule is Cc1csc(C(=O)N2CCC[C@H](Oc3ccc(C)nn3)C2)c1. The molecule has 0 N–H and O–H groups in total. The lowest BCUT2D eigenvalue weighted by Gasteiger charge is -2.32. The molecule has 22 heavy (non-hydrogen) atoms. The number of hydrogen-bond donors (Lipinski definition) is 0. The number of likely N-dealkylation sites (tertiary alicyclic amines) is 1. The van der Waals surface area contributed by atoms with Crippen molar-refractivity contribution in [3.63, 3.8) is 0 Å². The van der Waals surface area contributed by atoms with Gasteiger partial charge in [-0.25, -0.2) is 0 Å². The molecule has 0 radical (unpaired) electrons. The number of amides is 1. The molecule has 5 nitrogen and oxygen atoms in total. The Morgan fingerprint density at radius 2 is 2.23 bits per heavy atom. The summed E-state index contributed by atoms with van der Waals surface area (Å²) >= 11 is 1.50. The molecular formula is C16H19N3O2S. The molecule has 0 bridgehead atoms. The van der Waals surface area contributed by atoms with Crippen molar-refractivity contribution in [3.05, 3.63) is 39.7 Å². The van der Waals surface area contributed by atoms with Crippen molar-refractivity contribution in [2.75, 3.05) is 13.1 Å². The van der Waals surface area contributed by atoms with E-state index in [2.05, 4.69) is 10.2 Å². The molecule has 0 saturated carbocycles. The first kappa shape index (κ1) is 15.0. The van der Waals surface area contributed by atoms with Crippen LogP contribution in [0.25, 0.3) is 0 Å². The maximum Gasteiger partial charge on any atom is 0.264 e. The summed E-state index contributed by atoms with van der Waals surface area (Å²) in [6.07, 6.45) is 1.86. The van der Waals surface area contributed by atoms with Crippen molar-refractivity contribution in [1.82, 2.24) is 15.1 Å². The first-order valence-corrected chi connectivity index (χ1v) is 8.31. The van der Waals surface area contributed by atoms with E-state index in [4.69, 9.17) is 4.74 Å². The summed E-state index contributed by atoms with van der Waals surface area (Å²) in [6.45, 7) is 5.28. The molecule has 0 unspecified atom stereocenters. The quantitative estimate of drug-likeness (QED) is 0.873. The zero-order chi connectivity index (χ0) is 15.5. The minimum Gasteiger partial charge on any atom is -0.471 e. The average Bonchev–Trinajstić information content (AvgIpc) is 2.96. The summed E-state index contributed by atoms with van der Waals surface area (Å²) in [5, 5.41) is 10.0. The van der Waals surface area contributed by atoms with Crippen LogP contribution < -0.4 is 4.74 Å². The molecule has 1 atom stereocenters. The van der Waals surface area contributed by atoms with Gasteiger partial charge < -0.3 is 9.64 Å². The molecule has 0 aromatic carbocycles. The van der Waals surface area contributed by atoms with E-state index < -0.39 is 0 Å². The van der Waals surface area contributed by atoms with Crippen molar-refractivity contribution in [2.45, 2.75) is 32.8 Å². The van der Waals surface area contributed by atoms with Gasteiger partial charge in [0, 0.05) is 12.6 Å². The van der Waals surface area contributed by atoms with Crippen molar-refractivity contribution in [2.24, 2.45) is 0 Å². The Morgan fingerprint density at radius 3 is 2.91 bits per heavy atom. The van der Waals surface area contributed by atoms with Gasteiger partial charge in [-0.15, -0.1) is 16.4 Å². The summed E-state index contributed by atoms with van der Waals surface area (Å²) in [5.74, 6) is 0.623. The number of carbonyl (C=O) groups excluding carboxylic acids is 1. The second-order valence-electron chi connectivity index (χ2n) is 5.63. The number of ether oxygens (including phenoxy) is 1. The van der Waals surface area contributed by atoms with Gasteiger partial charge >= 0.3 is 0 Å². The Morgan fingerprint density at radius 1 is 1.36 bits per heavy atom. The van der Waals surface area contributed by atoms with Crippen LogP contribution in [0.2, 0.25) is 0 Å². The predicted octanol–water partition coefficient (Wildman–Crippen LogP) is 2.84. The van der Waals surface area contributed by atoms with Crippen LogP contribution in [-0.4, -0.2) is 40.2 Å². The second-order valence-corrected chi connectivity index (χ2v) is 6.55. The van der Waals surface area contributed by atoms with Crippen LogP contribution in [0.1, 0.15) is 33.8 Å². The number of aryl methyl sites for hydroxylation is 2. The zero-order valence-corrected chi connectivity index (χ0v) is 13.6. The van der Waals surface area contributed by atoms with Crippen LogP contribution in [0.15, 0.2) is 23.6 Å². The molecule has 0 spiro atoms. The van der Waals surface area contributed by atoms with E-state index in [0.29, 0.717) is 12.4 Å². The number of aromatic nitrogens is 2. The van der Waals surface area contributed by atoms with E-state index in [1.165, 1.54) is 11.3 Å². The van der Waals surface area contributed by atoms with Crippen LogP contribution in [0.5, 0.6) is 5.88 Å². The molecule has 1 saturated heterocycles. The first-order valence-electron chi connectivity index (χ1n) is 7.43. The first-order chi connectivity index (χ1) is 10.6. The smallest absolute Gasteiger partial charge is 0.264 e. The molecule has 1 aliphatic heterocycles. The van der Waals surface area contributed by atoms with Crippen LogP contribution in [0.3, 0.4) is 0 Å². The molecule has 116 valence electrons. The van der Waals surface area contributed by atoms with Crippen molar-refractivity contribution >= 4 is 17.2 Å². The van der Waals surface area contributed by atoms with Crippen molar-refractivity contribution in [3.8, 4) is 5.88 Å². The number of carbonyl (C=O) groups is 1. The van der Waals surface area contributed by atoms with Crippen molar-refractivity contribution < 1.29 is 9.53 Å². The third-order valence-electron chi connectivity index (χ3n) is 3.67. The Balaban J connectivity index is 1.63. The number of piperidine rings is 1. The van der Waals surface area contributed by atoms with E-state index in [0.717, 1.165) is 35.5 Å². The highest BCUT2D eigenvalue weighted by molar-refractivity contribution is 7.12. The monoisotopic (exact) mass is 317 g/mol. The summed E-state index contributed by atoms with van der Waals surface area (Å²) in [5.41, 5.74) is 1.99.